The van der Waals surface area contributed by atoms with Gasteiger partial charge in [-0.05, 0) is 29.7 Å². The fourth-order valence-electron chi connectivity index (χ4n) is 3.06. The number of aliphatic imine (C=N–C) groups is 1. The molecule has 0 aliphatic carbocycles. The third kappa shape index (κ3) is 5.26. The van der Waals surface area contributed by atoms with Crippen LogP contribution in [0.2, 0.25) is 0 Å². The van der Waals surface area contributed by atoms with Crippen molar-refractivity contribution < 1.29 is 9.47 Å². The van der Waals surface area contributed by atoms with Gasteiger partial charge in [0.05, 0.1) is 6.61 Å². The van der Waals surface area contributed by atoms with E-state index >= 15 is 0 Å². The minimum absolute atomic E-state index is 0.496. The van der Waals surface area contributed by atoms with Crippen molar-refractivity contribution in [1.29, 1.82) is 0 Å². The Morgan fingerprint density at radius 3 is 3.00 bits per heavy atom. The first-order valence-electron chi connectivity index (χ1n) is 9.31. The van der Waals surface area contributed by atoms with Crippen LogP contribution in [0.3, 0.4) is 0 Å². The second-order valence-corrected chi connectivity index (χ2v) is 6.35. The predicted octanol–water partition coefficient (Wildman–Crippen LogP) is 3.09. The van der Waals surface area contributed by atoms with Gasteiger partial charge in [0, 0.05) is 32.1 Å². The topological polar surface area (TPSA) is 54.9 Å². The molecule has 0 radical (unpaired) electrons. The molecule has 0 amide bonds. The Bertz CT molecular complexity index is 802. The van der Waals surface area contributed by atoms with Gasteiger partial charge in [-0.25, -0.2) is 0 Å². The van der Waals surface area contributed by atoms with Crippen LogP contribution in [-0.4, -0.2) is 32.8 Å². The van der Waals surface area contributed by atoms with Crippen molar-refractivity contribution in [2.75, 3.05) is 26.8 Å². The molecule has 27 heavy (non-hydrogen) atoms. The van der Waals surface area contributed by atoms with Crippen LogP contribution in [0.15, 0.2) is 60.1 Å². The van der Waals surface area contributed by atoms with Crippen LogP contribution in [0, 0.1) is 0 Å². The van der Waals surface area contributed by atoms with Gasteiger partial charge >= 0.3 is 0 Å². The number of benzene rings is 2. The van der Waals surface area contributed by atoms with E-state index in [1.165, 1.54) is 11.1 Å². The molecular formula is C22H27N3O2. The van der Waals surface area contributed by atoms with Crippen LogP contribution in [0.1, 0.15) is 16.7 Å². The molecule has 0 saturated carbocycles. The highest BCUT2D eigenvalue weighted by molar-refractivity contribution is 5.79. The SMILES string of the molecule is C=CCOc1ccccc1CNC(=NC)NCCc1ccc2c(c1)CCO2. The van der Waals surface area contributed by atoms with Crippen LogP contribution < -0.4 is 20.1 Å². The number of hydrogen-bond donors (Lipinski definition) is 2. The smallest absolute Gasteiger partial charge is 0.191 e. The van der Waals surface area contributed by atoms with Crippen molar-refractivity contribution in [2.24, 2.45) is 4.99 Å². The van der Waals surface area contributed by atoms with Crippen LogP contribution in [0.25, 0.3) is 0 Å². The molecule has 0 unspecified atom stereocenters. The summed E-state index contributed by atoms with van der Waals surface area (Å²) < 4.78 is 11.3. The number of rotatable bonds is 8. The van der Waals surface area contributed by atoms with Gasteiger partial charge in [-0.1, -0.05) is 43.0 Å². The molecule has 0 aromatic heterocycles. The molecule has 1 aliphatic heterocycles. The fraction of sp³-hybridized carbons (Fsp3) is 0.318. The molecule has 5 heteroatoms. The third-order valence-electron chi connectivity index (χ3n) is 4.46. The molecule has 5 nitrogen and oxygen atoms in total. The Kier molecular flexibility index (Phi) is 6.74. The van der Waals surface area contributed by atoms with Crippen molar-refractivity contribution >= 4 is 5.96 Å². The number of fused-ring (bicyclic) bond motifs is 1. The summed E-state index contributed by atoms with van der Waals surface area (Å²) in [6.45, 7) is 6.44. The number of para-hydroxylation sites is 1. The number of guanidine groups is 1. The lowest BCUT2D eigenvalue weighted by Crippen LogP contribution is -2.37. The Morgan fingerprint density at radius 2 is 2.15 bits per heavy atom. The first-order chi connectivity index (χ1) is 13.3. The summed E-state index contributed by atoms with van der Waals surface area (Å²) in [5, 5.41) is 6.71. The van der Waals surface area contributed by atoms with E-state index in [-0.39, 0.29) is 0 Å². The second kappa shape index (κ2) is 9.67. The molecule has 0 atom stereocenters. The number of nitrogens with one attached hydrogen (secondary N) is 2. The number of ether oxygens (including phenoxy) is 2. The summed E-state index contributed by atoms with van der Waals surface area (Å²) in [6.07, 6.45) is 3.69. The molecule has 2 N–H and O–H groups in total. The number of hydrogen-bond acceptors (Lipinski definition) is 3. The standard InChI is InChI=1S/C22H27N3O2/c1-3-13-26-20-7-5-4-6-19(20)16-25-22(23-2)24-12-10-17-8-9-21-18(15-17)11-14-27-21/h3-9,15H,1,10-14,16H2,2H3,(H2,23,24,25). The van der Waals surface area contributed by atoms with Crippen molar-refractivity contribution in [3.63, 3.8) is 0 Å². The Labute approximate surface area is 161 Å². The van der Waals surface area contributed by atoms with Crippen LogP contribution in [0.5, 0.6) is 11.5 Å². The Hall–Kier alpha value is -2.95. The maximum absolute atomic E-state index is 5.70. The van der Waals surface area contributed by atoms with Gasteiger partial charge < -0.3 is 20.1 Å². The van der Waals surface area contributed by atoms with Crippen LogP contribution in [-0.2, 0) is 19.4 Å². The van der Waals surface area contributed by atoms with Crippen LogP contribution >= 0.6 is 0 Å². The third-order valence-corrected chi connectivity index (χ3v) is 4.46. The summed E-state index contributed by atoms with van der Waals surface area (Å²) in [4.78, 5) is 4.30. The molecule has 0 spiro atoms. The highest BCUT2D eigenvalue weighted by atomic mass is 16.5. The first-order valence-corrected chi connectivity index (χ1v) is 9.31. The summed E-state index contributed by atoms with van der Waals surface area (Å²) in [5.74, 6) is 2.67. The summed E-state index contributed by atoms with van der Waals surface area (Å²) >= 11 is 0. The molecule has 3 rings (SSSR count). The van der Waals surface area contributed by atoms with E-state index in [0.29, 0.717) is 13.2 Å². The predicted molar refractivity (Wildman–Crippen MR) is 110 cm³/mol. The zero-order chi connectivity index (χ0) is 18.9. The molecule has 1 heterocycles. The second-order valence-electron chi connectivity index (χ2n) is 6.35. The zero-order valence-corrected chi connectivity index (χ0v) is 15.8. The van der Waals surface area contributed by atoms with Crippen molar-refractivity contribution in [1.82, 2.24) is 10.6 Å². The average Bonchev–Trinajstić information content (AvgIpc) is 3.17. The average molecular weight is 365 g/mol. The molecule has 0 bridgehead atoms. The van der Waals surface area contributed by atoms with E-state index in [1.807, 2.05) is 24.3 Å². The highest BCUT2D eigenvalue weighted by Gasteiger charge is 2.11. The summed E-state index contributed by atoms with van der Waals surface area (Å²) in [7, 11) is 1.78. The minimum atomic E-state index is 0.496. The van der Waals surface area contributed by atoms with Crippen molar-refractivity contribution in [3.8, 4) is 11.5 Å². The lowest BCUT2D eigenvalue weighted by molar-refractivity contribution is 0.357. The lowest BCUT2D eigenvalue weighted by Gasteiger charge is -2.14. The maximum atomic E-state index is 5.70. The minimum Gasteiger partial charge on any atom is -0.493 e. The van der Waals surface area contributed by atoms with E-state index in [1.54, 1.807) is 13.1 Å². The first kappa shape index (κ1) is 18.8. The van der Waals surface area contributed by atoms with E-state index in [4.69, 9.17) is 9.47 Å². The quantitative estimate of drug-likeness (QED) is 0.429. The van der Waals surface area contributed by atoms with E-state index in [0.717, 1.165) is 49.0 Å². The Balaban J connectivity index is 1.48. The molecule has 0 saturated heterocycles. The van der Waals surface area contributed by atoms with E-state index in [2.05, 4.69) is 40.4 Å². The maximum Gasteiger partial charge on any atom is 0.191 e. The van der Waals surface area contributed by atoms with Gasteiger partial charge in [0.15, 0.2) is 5.96 Å². The number of nitrogens with zero attached hydrogens (tertiary/aromatic N) is 1. The van der Waals surface area contributed by atoms with Crippen molar-refractivity contribution in [2.45, 2.75) is 19.4 Å². The Morgan fingerprint density at radius 1 is 1.26 bits per heavy atom. The summed E-state index contributed by atoms with van der Waals surface area (Å²) in [6, 6.07) is 14.4. The van der Waals surface area contributed by atoms with E-state index < -0.39 is 0 Å². The van der Waals surface area contributed by atoms with Gasteiger partial charge in [-0.2, -0.15) is 0 Å². The van der Waals surface area contributed by atoms with Gasteiger partial charge in [-0.3, -0.25) is 4.99 Å². The normalized spacial score (nSPS) is 12.9. The molecule has 142 valence electrons. The van der Waals surface area contributed by atoms with Gasteiger partial charge in [0.2, 0.25) is 0 Å². The molecule has 2 aromatic carbocycles. The molecule has 0 fully saturated rings. The summed E-state index contributed by atoms with van der Waals surface area (Å²) in [5.41, 5.74) is 3.71. The largest absolute Gasteiger partial charge is 0.493 e. The lowest BCUT2D eigenvalue weighted by atomic mass is 10.1. The fourth-order valence-corrected chi connectivity index (χ4v) is 3.06. The molecular weight excluding hydrogens is 338 g/mol. The van der Waals surface area contributed by atoms with Gasteiger partial charge in [0.1, 0.15) is 18.1 Å². The molecule has 2 aromatic rings. The monoisotopic (exact) mass is 365 g/mol. The zero-order valence-electron chi connectivity index (χ0n) is 15.8. The van der Waals surface area contributed by atoms with Crippen molar-refractivity contribution in [3.05, 3.63) is 71.8 Å². The van der Waals surface area contributed by atoms with E-state index in [9.17, 15) is 0 Å². The van der Waals surface area contributed by atoms with Crippen LogP contribution in [0.4, 0.5) is 0 Å². The highest BCUT2D eigenvalue weighted by Crippen LogP contribution is 2.25. The van der Waals surface area contributed by atoms with Gasteiger partial charge in [0.25, 0.3) is 0 Å². The van der Waals surface area contributed by atoms with Gasteiger partial charge in [-0.15, -0.1) is 0 Å². The molecule has 1 aliphatic rings.